The van der Waals surface area contributed by atoms with Gasteiger partial charge in [0.2, 0.25) is 0 Å². The Hall–Kier alpha value is -3.17. The predicted octanol–water partition coefficient (Wildman–Crippen LogP) is 4.98. The summed E-state index contributed by atoms with van der Waals surface area (Å²) in [4.78, 5) is 21.6. The van der Waals surface area contributed by atoms with Gasteiger partial charge in [-0.25, -0.2) is 13.8 Å². The highest BCUT2D eigenvalue weighted by molar-refractivity contribution is 5.97. The number of piperidine rings is 1. The SMILES string of the molecule is O=C(c1ccccc1OC(F)(F)F)N1CCCCC1Cc1nc2c(F)c(F)ccc2[nH]1. The van der Waals surface area contributed by atoms with E-state index in [4.69, 9.17) is 0 Å². The molecule has 2 heterocycles. The number of para-hydroxylation sites is 1. The van der Waals surface area contributed by atoms with Crippen molar-refractivity contribution < 1.29 is 31.5 Å². The van der Waals surface area contributed by atoms with Gasteiger partial charge in [0.15, 0.2) is 11.6 Å². The number of imidazole rings is 1. The van der Waals surface area contributed by atoms with E-state index in [2.05, 4.69) is 14.7 Å². The lowest BCUT2D eigenvalue weighted by Gasteiger charge is -2.35. The summed E-state index contributed by atoms with van der Waals surface area (Å²) >= 11 is 0. The first-order valence-electron chi connectivity index (χ1n) is 9.71. The number of nitrogens with zero attached hydrogens (tertiary/aromatic N) is 2. The maximum absolute atomic E-state index is 14.0. The first kappa shape index (κ1) is 21.1. The first-order chi connectivity index (χ1) is 14.7. The van der Waals surface area contributed by atoms with Crippen LogP contribution in [-0.2, 0) is 6.42 Å². The van der Waals surface area contributed by atoms with Crippen LogP contribution in [0.5, 0.6) is 5.75 Å². The fourth-order valence-corrected chi connectivity index (χ4v) is 3.88. The third-order valence-corrected chi connectivity index (χ3v) is 5.25. The standard InChI is InChI=1S/C21H18F5N3O2/c22-14-8-9-15-19(18(14)23)28-17(27-15)11-12-5-3-4-10-29(12)20(30)13-6-1-2-7-16(13)31-21(24,25)26/h1-2,6-9,12H,3-5,10-11H2,(H,27,28). The minimum absolute atomic E-state index is 0.132. The molecule has 0 saturated carbocycles. The first-order valence-corrected chi connectivity index (χ1v) is 9.71. The lowest BCUT2D eigenvalue weighted by molar-refractivity contribution is -0.274. The highest BCUT2D eigenvalue weighted by Gasteiger charge is 2.35. The van der Waals surface area contributed by atoms with E-state index in [-0.39, 0.29) is 23.5 Å². The molecule has 31 heavy (non-hydrogen) atoms. The molecule has 1 atom stereocenters. The van der Waals surface area contributed by atoms with Gasteiger partial charge in [0.25, 0.3) is 5.91 Å². The molecular formula is C21H18F5N3O2. The number of nitrogens with one attached hydrogen (secondary N) is 1. The Bertz CT molecular complexity index is 1110. The number of alkyl halides is 3. The van der Waals surface area contributed by atoms with E-state index in [1.54, 1.807) is 0 Å². The van der Waals surface area contributed by atoms with Gasteiger partial charge < -0.3 is 14.6 Å². The normalized spacial score (nSPS) is 17.2. The summed E-state index contributed by atoms with van der Waals surface area (Å²) < 4.78 is 69.7. The zero-order chi connectivity index (χ0) is 22.2. The van der Waals surface area contributed by atoms with Crippen LogP contribution in [0, 0.1) is 11.6 Å². The number of rotatable bonds is 4. The van der Waals surface area contributed by atoms with Crippen LogP contribution >= 0.6 is 0 Å². The zero-order valence-electron chi connectivity index (χ0n) is 16.2. The van der Waals surface area contributed by atoms with Crippen LogP contribution in [0.1, 0.15) is 35.4 Å². The highest BCUT2D eigenvalue weighted by Crippen LogP contribution is 2.30. The van der Waals surface area contributed by atoms with E-state index < -0.39 is 29.7 Å². The number of fused-ring (bicyclic) bond motifs is 1. The number of H-pyrrole nitrogens is 1. The van der Waals surface area contributed by atoms with E-state index in [1.165, 1.54) is 29.2 Å². The van der Waals surface area contributed by atoms with Crippen LogP contribution in [0.15, 0.2) is 36.4 Å². The van der Waals surface area contributed by atoms with Crippen molar-refractivity contribution in [2.45, 2.75) is 38.1 Å². The number of likely N-dealkylation sites (tertiary alicyclic amines) is 1. The van der Waals surface area contributed by atoms with Crippen molar-refractivity contribution in [2.24, 2.45) is 0 Å². The van der Waals surface area contributed by atoms with Crippen molar-refractivity contribution in [3.63, 3.8) is 0 Å². The molecule has 1 aliphatic heterocycles. The molecule has 1 amide bonds. The number of benzene rings is 2. The minimum atomic E-state index is -4.93. The Morgan fingerprint density at radius 2 is 1.94 bits per heavy atom. The number of halogens is 5. The lowest BCUT2D eigenvalue weighted by Crippen LogP contribution is -2.45. The van der Waals surface area contributed by atoms with Crippen molar-refractivity contribution in [1.82, 2.24) is 14.9 Å². The molecule has 0 bridgehead atoms. The van der Waals surface area contributed by atoms with Gasteiger partial charge in [-0.2, -0.15) is 0 Å². The fraction of sp³-hybridized carbons (Fsp3) is 0.333. The van der Waals surface area contributed by atoms with Gasteiger partial charge >= 0.3 is 6.36 Å². The fourth-order valence-electron chi connectivity index (χ4n) is 3.88. The maximum atomic E-state index is 14.0. The largest absolute Gasteiger partial charge is 0.573 e. The molecule has 1 saturated heterocycles. The van der Waals surface area contributed by atoms with Gasteiger partial charge in [-0.05, 0) is 43.5 Å². The quantitative estimate of drug-likeness (QED) is 0.584. The average molecular weight is 439 g/mol. The molecule has 0 aliphatic carbocycles. The summed E-state index contributed by atoms with van der Waals surface area (Å²) in [5.41, 5.74) is 0.00330. The maximum Gasteiger partial charge on any atom is 0.573 e. The number of amides is 1. The summed E-state index contributed by atoms with van der Waals surface area (Å²) in [6.45, 7) is 0.354. The Balaban J connectivity index is 1.60. The summed E-state index contributed by atoms with van der Waals surface area (Å²) in [5, 5.41) is 0. The second-order valence-corrected chi connectivity index (χ2v) is 7.34. The smallest absolute Gasteiger partial charge is 0.405 e. The van der Waals surface area contributed by atoms with Crippen LogP contribution < -0.4 is 4.74 Å². The van der Waals surface area contributed by atoms with Crippen molar-refractivity contribution in [2.75, 3.05) is 6.54 Å². The summed E-state index contributed by atoms with van der Waals surface area (Å²) in [6.07, 6.45) is -2.58. The Kier molecular flexibility index (Phi) is 5.55. The predicted molar refractivity (Wildman–Crippen MR) is 102 cm³/mol. The van der Waals surface area contributed by atoms with Crippen LogP contribution in [-0.4, -0.2) is 39.7 Å². The zero-order valence-corrected chi connectivity index (χ0v) is 16.2. The van der Waals surface area contributed by atoms with Crippen molar-refractivity contribution >= 4 is 16.9 Å². The van der Waals surface area contributed by atoms with Crippen molar-refractivity contribution in [3.8, 4) is 5.75 Å². The third kappa shape index (κ3) is 4.47. The molecule has 0 spiro atoms. The van der Waals surface area contributed by atoms with E-state index in [9.17, 15) is 26.7 Å². The second kappa shape index (κ2) is 8.16. The van der Waals surface area contributed by atoms with E-state index in [1.807, 2.05) is 0 Å². The Labute approximate surface area is 173 Å². The van der Waals surface area contributed by atoms with E-state index >= 15 is 0 Å². The lowest BCUT2D eigenvalue weighted by atomic mass is 9.97. The molecule has 4 rings (SSSR count). The molecule has 5 nitrogen and oxygen atoms in total. The number of aromatic amines is 1. The van der Waals surface area contributed by atoms with Crippen LogP contribution in [0.4, 0.5) is 22.0 Å². The van der Waals surface area contributed by atoms with Gasteiger partial charge in [0, 0.05) is 19.0 Å². The number of hydrogen-bond donors (Lipinski definition) is 1. The molecule has 0 radical (unpaired) electrons. The van der Waals surface area contributed by atoms with Gasteiger partial charge in [0.05, 0.1) is 11.1 Å². The monoisotopic (exact) mass is 439 g/mol. The van der Waals surface area contributed by atoms with Gasteiger partial charge in [-0.15, -0.1) is 13.2 Å². The number of carbonyl (C=O) groups is 1. The second-order valence-electron chi connectivity index (χ2n) is 7.34. The molecule has 1 fully saturated rings. The summed E-state index contributed by atoms with van der Waals surface area (Å²) in [6, 6.07) is 7.20. The molecule has 1 unspecified atom stereocenters. The molecule has 10 heteroatoms. The van der Waals surface area contributed by atoms with Crippen LogP contribution in [0.3, 0.4) is 0 Å². The minimum Gasteiger partial charge on any atom is -0.405 e. The summed E-state index contributed by atoms with van der Waals surface area (Å²) in [7, 11) is 0. The van der Waals surface area contributed by atoms with Crippen LogP contribution in [0.25, 0.3) is 11.0 Å². The Morgan fingerprint density at radius 3 is 2.71 bits per heavy atom. The highest BCUT2D eigenvalue weighted by atomic mass is 19.4. The molecule has 1 N–H and O–H groups in total. The number of ether oxygens (including phenoxy) is 1. The number of carbonyl (C=O) groups excluding carboxylic acids is 1. The molecule has 164 valence electrons. The van der Waals surface area contributed by atoms with Crippen molar-refractivity contribution in [1.29, 1.82) is 0 Å². The molecule has 3 aromatic rings. The average Bonchev–Trinajstić information content (AvgIpc) is 3.13. The molecular weight excluding hydrogens is 421 g/mol. The number of aromatic nitrogens is 2. The van der Waals surface area contributed by atoms with E-state index in [0.717, 1.165) is 18.6 Å². The van der Waals surface area contributed by atoms with E-state index in [0.29, 0.717) is 30.7 Å². The topological polar surface area (TPSA) is 58.2 Å². The molecule has 1 aromatic heterocycles. The summed E-state index contributed by atoms with van der Waals surface area (Å²) in [5.74, 6) is -2.86. The third-order valence-electron chi connectivity index (χ3n) is 5.25. The van der Waals surface area contributed by atoms with Gasteiger partial charge in [-0.3, -0.25) is 4.79 Å². The Morgan fingerprint density at radius 1 is 1.16 bits per heavy atom. The molecule has 2 aromatic carbocycles. The van der Waals surface area contributed by atoms with Gasteiger partial charge in [0.1, 0.15) is 17.1 Å². The van der Waals surface area contributed by atoms with Gasteiger partial charge in [-0.1, -0.05) is 12.1 Å². The van der Waals surface area contributed by atoms with Crippen LogP contribution in [0.2, 0.25) is 0 Å². The van der Waals surface area contributed by atoms with Crippen molar-refractivity contribution in [3.05, 3.63) is 59.4 Å². The molecule has 1 aliphatic rings. The number of hydrogen-bond acceptors (Lipinski definition) is 3.